The number of H-pyrrole nitrogens is 1. The van der Waals surface area contributed by atoms with Gasteiger partial charge >= 0.3 is 5.97 Å². The van der Waals surface area contributed by atoms with Crippen LogP contribution in [0.3, 0.4) is 0 Å². The maximum absolute atomic E-state index is 10.4. The number of aromatic amines is 1. The minimum absolute atomic E-state index is 0.167. The molecule has 3 nitrogen and oxygen atoms in total. The van der Waals surface area contributed by atoms with E-state index < -0.39 is 5.97 Å². The first-order valence-corrected chi connectivity index (χ1v) is 3.67. The molecule has 0 aliphatic heterocycles. The average Bonchev–Trinajstić information content (AvgIpc) is 2.33. The van der Waals surface area contributed by atoms with Gasteiger partial charge in [-0.05, 0) is 28.1 Å². The summed E-state index contributed by atoms with van der Waals surface area (Å²) < 4.78 is 0.644. The van der Waals surface area contributed by atoms with Crippen LogP contribution >= 0.6 is 15.9 Å². The van der Waals surface area contributed by atoms with Crippen molar-refractivity contribution in [2.24, 2.45) is 0 Å². The zero-order chi connectivity index (χ0) is 8.43. The van der Waals surface area contributed by atoms with Crippen molar-refractivity contribution in [1.82, 2.24) is 4.98 Å². The molecule has 4 heteroatoms. The molecule has 11 heavy (non-hydrogen) atoms. The molecule has 58 valence electrons. The fraction of sp³-hybridized carbons (Fsp3) is 0. The quantitative estimate of drug-likeness (QED) is 0.794. The molecule has 0 atom stereocenters. The van der Waals surface area contributed by atoms with E-state index in [4.69, 9.17) is 5.11 Å². The van der Waals surface area contributed by atoms with Gasteiger partial charge in [-0.2, -0.15) is 0 Å². The summed E-state index contributed by atoms with van der Waals surface area (Å²) in [7, 11) is 0. The molecule has 0 aliphatic rings. The van der Waals surface area contributed by atoms with E-state index in [1.807, 2.05) is 0 Å². The van der Waals surface area contributed by atoms with Crippen molar-refractivity contribution in [2.45, 2.75) is 0 Å². The number of hydrogen-bond acceptors (Lipinski definition) is 1. The van der Waals surface area contributed by atoms with E-state index in [0.717, 1.165) is 0 Å². The second-order valence-corrected chi connectivity index (χ2v) is 2.95. The van der Waals surface area contributed by atoms with Crippen LogP contribution in [0.1, 0.15) is 16.2 Å². The van der Waals surface area contributed by atoms with Crippen molar-refractivity contribution in [3.8, 4) is 0 Å². The largest absolute Gasteiger partial charge is 0.477 e. The molecule has 0 saturated heterocycles. The van der Waals surface area contributed by atoms with Crippen molar-refractivity contribution < 1.29 is 9.90 Å². The Morgan fingerprint density at radius 3 is 2.36 bits per heavy atom. The Bertz CT molecular complexity index is 275. The van der Waals surface area contributed by atoms with E-state index >= 15 is 0 Å². The van der Waals surface area contributed by atoms with Crippen molar-refractivity contribution in [1.29, 1.82) is 0 Å². The standard InChI is InChI=1S/C7H6BrNO2/c1-4(8)5-2-3-6(9-5)7(10)11/h2-3,9H,1H2,(H,10,11). The molecule has 1 heterocycles. The molecular formula is C7H6BrNO2. The fourth-order valence-corrected chi connectivity index (χ4v) is 0.909. The second-order valence-electron chi connectivity index (χ2n) is 2.00. The van der Waals surface area contributed by atoms with Crippen molar-refractivity contribution in [3.63, 3.8) is 0 Å². The number of aromatic carboxylic acids is 1. The average molecular weight is 216 g/mol. The lowest BCUT2D eigenvalue weighted by atomic mass is 10.4. The molecule has 0 amide bonds. The normalized spacial score (nSPS) is 9.55. The van der Waals surface area contributed by atoms with Gasteiger partial charge in [-0.3, -0.25) is 0 Å². The number of carboxylic acid groups (broad SMARTS) is 1. The van der Waals surface area contributed by atoms with Gasteiger partial charge < -0.3 is 10.1 Å². The maximum Gasteiger partial charge on any atom is 0.352 e. The van der Waals surface area contributed by atoms with Crippen molar-refractivity contribution >= 4 is 26.4 Å². The highest BCUT2D eigenvalue weighted by Crippen LogP contribution is 2.17. The Kier molecular flexibility index (Phi) is 2.14. The number of halogens is 1. The van der Waals surface area contributed by atoms with Gasteiger partial charge in [0, 0.05) is 4.48 Å². The topological polar surface area (TPSA) is 53.1 Å². The van der Waals surface area contributed by atoms with E-state index in [1.54, 1.807) is 6.07 Å². The molecule has 0 saturated carbocycles. The number of carboxylic acids is 1. The number of rotatable bonds is 2. The molecule has 1 aromatic heterocycles. The summed E-state index contributed by atoms with van der Waals surface area (Å²) in [5.41, 5.74) is 0.850. The van der Waals surface area contributed by atoms with Crippen LogP contribution in [0, 0.1) is 0 Å². The summed E-state index contributed by atoms with van der Waals surface area (Å²) in [4.78, 5) is 13.0. The summed E-state index contributed by atoms with van der Waals surface area (Å²) >= 11 is 3.13. The number of hydrogen-bond donors (Lipinski definition) is 2. The fourth-order valence-electron chi connectivity index (χ4n) is 0.678. The highest BCUT2D eigenvalue weighted by Gasteiger charge is 2.05. The zero-order valence-electron chi connectivity index (χ0n) is 5.60. The molecule has 0 fully saturated rings. The first kappa shape index (κ1) is 8.07. The predicted octanol–water partition coefficient (Wildman–Crippen LogP) is 2.08. The van der Waals surface area contributed by atoms with Crippen LogP contribution in [-0.2, 0) is 0 Å². The van der Waals surface area contributed by atoms with Gasteiger partial charge in [-0.1, -0.05) is 6.58 Å². The lowest BCUT2D eigenvalue weighted by Crippen LogP contribution is -1.95. The molecule has 0 aromatic carbocycles. The molecule has 1 rings (SSSR count). The van der Waals surface area contributed by atoms with Gasteiger partial charge in [-0.15, -0.1) is 0 Å². The van der Waals surface area contributed by atoms with E-state index in [-0.39, 0.29) is 5.69 Å². The van der Waals surface area contributed by atoms with Crippen molar-refractivity contribution in [2.75, 3.05) is 0 Å². The molecule has 1 aromatic rings. The van der Waals surface area contributed by atoms with Gasteiger partial charge in [0.1, 0.15) is 5.69 Å². The predicted molar refractivity (Wildman–Crippen MR) is 45.7 cm³/mol. The Morgan fingerprint density at radius 1 is 1.55 bits per heavy atom. The molecule has 0 radical (unpaired) electrons. The first-order chi connectivity index (χ1) is 5.11. The van der Waals surface area contributed by atoms with E-state index in [2.05, 4.69) is 27.5 Å². The van der Waals surface area contributed by atoms with Gasteiger partial charge in [0.05, 0.1) is 5.69 Å². The molecule has 0 spiro atoms. The first-order valence-electron chi connectivity index (χ1n) is 2.88. The summed E-state index contributed by atoms with van der Waals surface area (Å²) in [6.07, 6.45) is 0. The van der Waals surface area contributed by atoms with E-state index in [1.165, 1.54) is 6.07 Å². The molecule has 0 unspecified atom stereocenters. The lowest BCUT2D eigenvalue weighted by Gasteiger charge is -1.89. The van der Waals surface area contributed by atoms with Crippen LogP contribution in [0.25, 0.3) is 4.48 Å². The third-order valence-electron chi connectivity index (χ3n) is 1.21. The second kappa shape index (κ2) is 2.92. The third-order valence-corrected chi connectivity index (χ3v) is 1.64. The highest BCUT2D eigenvalue weighted by atomic mass is 79.9. The summed E-state index contributed by atoms with van der Waals surface area (Å²) in [5.74, 6) is -0.968. The lowest BCUT2D eigenvalue weighted by molar-refractivity contribution is 0.0691. The molecule has 0 aliphatic carbocycles. The van der Waals surface area contributed by atoms with E-state index in [9.17, 15) is 4.79 Å². The maximum atomic E-state index is 10.4. The van der Waals surface area contributed by atoms with Gasteiger partial charge in [-0.25, -0.2) is 4.79 Å². The van der Waals surface area contributed by atoms with Crippen LogP contribution in [0.2, 0.25) is 0 Å². The summed E-state index contributed by atoms with van der Waals surface area (Å²) in [6, 6.07) is 3.14. The number of aromatic nitrogens is 1. The van der Waals surface area contributed by atoms with Gasteiger partial charge in [0.2, 0.25) is 0 Å². The minimum atomic E-state index is -0.968. The van der Waals surface area contributed by atoms with Crippen LogP contribution < -0.4 is 0 Å². The monoisotopic (exact) mass is 215 g/mol. The minimum Gasteiger partial charge on any atom is -0.477 e. The SMILES string of the molecule is C=C(Br)c1ccc(C(=O)O)[nH]1. The van der Waals surface area contributed by atoms with E-state index in [0.29, 0.717) is 10.2 Å². The Balaban J connectivity index is 2.99. The smallest absolute Gasteiger partial charge is 0.352 e. The highest BCUT2D eigenvalue weighted by molar-refractivity contribution is 9.15. The van der Waals surface area contributed by atoms with Gasteiger partial charge in [0.15, 0.2) is 0 Å². The molecule has 0 bridgehead atoms. The Labute approximate surface area is 71.9 Å². The zero-order valence-corrected chi connectivity index (χ0v) is 7.18. The number of nitrogens with one attached hydrogen (secondary N) is 1. The van der Waals surface area contributed by atoms with Crippen molar-refractivity contribution in [3.05, 3.63) is 30.1 Å². The van der Waals surface area contributed by atoms with Crippen LogP contribution in [0.4, 0.5) is 0 Å². The Hall–Kier alpha value is -1.03. The molecular weight excluding hydrogens is 210 g/mol. The molecule has 2 N–H and O–H groups in total. The summed E-state index contributed by atoms with van der Waals surface area (Å²) in [6.45, 7) is 3.59. The van der Waals surface area contributed by atoms with Crippen LogP contribution in [0.15, 0.2) is 18.7 Å². The summed E-state index contributed by atoms with van der Waals surface area (Å²) in [5, 5.41) is 8.50. The van der Waals surface area contributed by atoms with Crippen LogP contribution in [0.5, 0.6) is 0 Å². The third kappa shape index (κ3) is 1.71. The van der Waals surface area contributed by atoms with Gasteiger partial charge in [0.25, 0.3) is 0 Å². The van der Waals surface area contributed by atoms with Crippen LogP contribution in [-0.4, -0.2) is 16.1 Å². The number of carbonyl (C=O) groups is 1. The Morgan fingerprint density at radius 2 is 2.09 bits per heavy atom.